The number of benzene rings is 1. The van der Waals surface area contributed by atoms with Crippen molar-refractivity contribution < 1.29 is 22.7 Å². The third kappa shape index (κ3) is 2.99. The van der Waals surface area contributed by atoms with E-state index in [4.69, 9.17) is 4.74 Å². The molecule has 2 aromatic heterocycles. The molecule has 124 valence electrons. The average Bonchev–Trinajstić information content (AvgIpc) is 2.96. The number of fused-ring (bicyclic) bond motifs is 1. The first-order valence-electron chi connectivity index (χ1n) is 6.61. The van der Waals surface area contributed by atoms with E-state index in [9.17, 15) is 18.0 Å². The van der Waals surface area contributed by atoms with E-state index < -0.39 is 17.8 Å². The van der Waals surface area contributed by atoms with Crippen molar-refractivity contribution in [2.45, 2.75) is 6.18 Å². The second-order valence-electron chi connectivity index (χ2n) is 4.83. The van der Waals surface area contributed by atoms with Gasteiger partial charge in [0.25, 0.3) is 0 Å². The molecule has 3 aromatic rings. The molecule has 5 nitrogen and oxygen atoms in total. The number of aromatic nitrogens is 3. The maximum absolute atomic E-state index is 12.8. The van der Waals surface area contributed by atoms with Gasteiger partial charge in [-0.05, 0) is 24.3 Å². The monoisotopic (exact) mass is 399 g/mol. The van der Waals surface area contributed by atoms with E-state index >= 15 is 0 Å². The van der Waals surface area contributed by atoms with E-state index in [0.717, 1.165) is 6.07 Å². The van der Waals surface area contributed by atoms with E-state index in [-0.39, 0.29) is 11.4 Å². The van der Waals surface area contributed by atoms with Gasteiger partial charge in [0, 0.05) is 16.1 Å². The molecule has 0 aliphatic rings. The van der Waals surface area contributed by atoms with Crippen LogP contribution in [-0.4, -0.2) is 27.8 Å². The van der Waals surface area contributed by atoms with Crippen LogP contribution in [0.5, 0.6) is 0 Å². The summed E-state index contributed by atoms with van der Waals surface area (Å²) in [5, 5.41) is 4.64. The summed E-state index contributed by atoms with van der Waals surface area (Å²) in [5.41, 5.74) is -0.349. The van der Waals surface area contributed by atoms with Crippen LogP contribution in [0, 0.1) is 0 Å². The number of esters is 1. The fourth-order valence-electron chi connectivity index (χ4n) is 2.19. The zero-order chi connectivity index (χ0) is 17.5. The number of carbonyl (C=O) groups is 1. The maximum Gasteiger partial charge on any atom is 0.433 e. The maximum atomic E-state index is 12.8. The molecule has 2 heterocycles. The number of hydrogen-bond donors (Lipinski definition) is 0. The Labute approximate surface area is 142 Å². The van der Waals surface area contributed by atoms with Gasteiger partial charge >= 0.3 is 12.1 Å². The smallest absolute Gasteiger partial charge is 0.433 e. The van der Waals surface area contributed by atoms with Crippen LogP contribution in [0.25, 0.3) is 16.7 Å². The van der Waals surface area contributed by atoms with Gasteiger partial charge in [0.1, 0.15) is 5.69 Å². The summed E-state index contributed by atoms with van der Waals surface area (Å²) in [6.45, 7) is 0. The number of ether oxygens (including phenoxy) is 1. The molecule has 0 atom stereocenters. The highest BCUT2D eigenvalue weighted by Gasteiger charge is 2.32. The van der Waals surface area contributed by atoms with Gasteiger partial charge in [-0.25, -0.2) is 14.5 Å². The zero-order valence-corrected chi connectivity index (χ0v) is 13.7. The van der Waals surface area contributed by atoms with E-state index in [1.165, 1.54) is 30.1 Å². The Kier molecular flexibility index (Phi) is 4.04. The van der Waals surface area contributed by atoms with Crippen LogP contribution < -0.4 is 0 Å². The van der Waals surface area contributed by atoms with Crippen LogP contribution in [0.15, 0.2) is 41.0 Å². The summed E-state index contributed by atoms with van der Waals surface area (Å²) in [7, 11) is 1.24. The Morgan fingerprint density at radius 1 is 1.29 bits per heavy atom. The molecule has 0 unspecified atom stereocenters. The summed E-state index contributed by atoms with van der Waals surface area (Å²) in [6, 6.07) is 6.72. The quantitative estimate of drug-likeness (QED) is 0.611. The number of nitrogens with zero attached hydrogens (tertiary/aromatic N) is 3. The first-order valence-corrected chi connectivity index (χ1v) is 7.41. The summed E-state index contributed by atoms with van der Waals surface area (Å²) in [4.78, 5) is 15.4. The molecule has 0 N–H and O–H groups in total. The minimum Gasteiger partial charge on any atom is -0.465 e. The van der Waals surface area contributed by atoms with Gasteiger partial charge in [-0.15, -0.1) is 0 Å². The molecule has 0 aliphatic heterocycles. The summed E-state index contributed by atoms with van der Waals surface area (Å²) in [6.07, 6.45) is -3.11. The lowest BCUT2D eigenvalue weighted by atomic mass is 10.1. The van der Waals surface area contributed by atoms with Crippen molar-refractivity contribution in [3.63, 3.8) is 0 Å². The number of hydrogen-bond acceptors (Lipinski definition) is 4. The van der Waals surface area contributed by atoms with Crippen molar-refractivity contribution in [1.29, 1.82) is 0 Å². The summed E-state index contributed by atoms with van der Waals surface area (Å²) in [5.74, 6) is -0.578. The Bertz CT molecular complexity index is 937. The number of carbonyl (C=O) groups excluding carboxylic acids is 1. The highest BCUT2D eigenvalue weighted by atomic mass is 79.9. The van der Waals surface area contributed by atoms with Crippen LogP contribution in [0.3, 0.4) is 0 Å². The molecule has 24 heavy (non-hydrogen) atoms. The highest BCUT2D eigenvalue weighted by molar-refractivity contribution is 9.10. The van der Waals surface area contributed by atoms with Gasteiger partial charge in [-0.3, -0.25) is 0 Å². The lowest BCUT2D eigenvalue weighted by molar-refractivity contribution is -0.141. The van der Waals surface area contributed by atoms with Crippen molar-refractivity contribution in [3.8, 4) is 5.82 Å². The van der Waals surface area contributed by atoms with Crippen molar-refractivity contribution in [2.24, 2.45) is 0 Å². The molecule has 3 rings (SSSR count). The third-order valence-corrected chi connectivity index (χ3v) is 3.71. The Morgan fingerprint density at radius 3 is 2.71 bits per heavy atom. The largest absolute Gasteiger partial charge is 0.465 e. The van der Waals surface area contributed by atoms with Crippen molar-refractivity contribution in [1.82, 2.24) is 14.8 Å². The molecule has 0 amide bonds. The number of alkyl halides is 3. The van der Waals surface area contributed by atoms with Crippen molar-refractivity contribution >= 4 is 32.8 Å². The Balaban J connectivity index is 2.17. The molecule has 0 saturated carbocycles. The van der Waals surface area contributed by atoms with Crippen LogP contribution in [0.2, 0.25) is 0 Å². The van der Waals surface area contributed by atoms with Crippen LogP contribution in [-0.2, 0) is 10.9 Å². The van der Waals surface area contributed by atoms with Gasteiger partial charge in [0.15, 0.2) is 5.82 Å². The van der Waals surface area contributed by atoms with Gasteiger partial charge in [0.2, 0.25) is 0 Å². The van der Waals surface area contributed by atoms with Crippen LogP contribution in [0.4, 0.5) is 13.2 Å². The normalized spacial score (nSPS) is 11.7. The first-order chi connectivity index (χ1) is 11.3. The standard InChI is InChI=1S/C15H9BrF3N3O2/c1-24-14(23)9-5-8(16)6-11-10(9)7-22(21-11)13-4-2-3-12(20-13)15(17,18)19/h2-7H,1H3. The molecule has 0 saturated heterocycles. The molecule has 1 aromatic carbocycles. The lowest BCUT2D eigenvalue weighted by Crippen LogP contribution is -2.10. The molecule has 0 bridgehead atoms. The van der Waals surface area contributed by atoms with E-state index in [2.05, 4.69) is 26.0 Å². The van der Waals surface area contributed by atoms with E-state index in [1.807, 2.05) is 0 Å². The SMILES string of the molecule is COC(=O)c1cc(Br)cc2nn(-c3cccc(C(F)(F)F)n3)cc12. The summed E-state index contributed by atoms with van der Waals surface area (Å²) >= 11 is 3.26. The van der Waals surface area contributed by atoms with Crippen molar-refractivity contribution in [3.05, 3.63) is 52.3 Å². The van der Waals surface area contributed by atoms with Gasteiger partial charge in [-0.1, -0.05) is 22.0 Å². The minimum absolute atomic E-state index is 0.00652. The number of halogens is 4. The number of rotatable bonds is 2. The van der Waals surface area contributed by atoms with Crippen LogP contribution in [0.1, 0.15) is 16.1 Å². The molecule has 0 radical (unpaired) electrons. The topological polar surface area (TPSA) is 57.0 Å². The summed E-state index contributed by atoms with van der Waals surface area (Å²) < 4.78 is 44.9. The van der Waals surface area contributed by atoms with E-state index in [0.29, 0.717) is 15.4 Å². The van der Waals surface area contributed by atoms with Gasteiger partial charge < -0.3 is 4.74 Å². The third-order valence-electron chi connectivity index (χ3n) is 3.25. The molecule has 9 heteroatoms. The number of methoxy groups -OCH3 is 1. The Hall–Kier alpha value is -2.42. The second-order valence-corrected chi connectivity index (χ2v) is 5.75. The van der Waals surface area contributed by atoms with E-state index in [1.54, 1.807) is 12.1 Å². The molecular weight excluding hydrogens is 391 g/mol. The van der Waals surface area contributed by atoms with Crippen molar-refractivity contribution in [2.75, 3.05) is 7.11 Å². The Morgan fingerprint density at radius 2 is 2.04 bits per heavy atom. The van der Waals surface area contributed by atoms with Gasteiger partial charge in [0.05, 0.1) is 18.2 Å². The predicted octanol–water partition coefficient (Wildman–Crippen LogP) is 3.99. The second kappa shape index (κ2) is 5.90. The zero-order valence-electron chi connectivity index (χ0n) is 12.1. The molecule has 0 aliphatic carbocycles. The average molecular weight is 400 g/mol. The fraction of sp³-hybridized carbons (Fsp3) is 0.133. The molecular formula is C15H9BrF3N3O2. The minimum atomic E-state index is -4.55. The highest BCUT2D eigenvalue weighted by Crippen LogP contribution is 2.29. The first kappa shape index (κ1) is 16.4. The van der Waals surface area contributed by atoms with Gasteiger partial charge in [-0.2, -0.15) is 18.3 Å². The molecule has 0 spiro atoms. The fourth-order valence-corrected chi connectivity index (χ4v) is 2.64. The number of pyridine rings is 1. The lowest BCUT2D eigenvalue weighted by Gasteiger charge is -2.07. The predicted molar refractivity (Wildman–Crippen MR) is 82.9 cm³/mol. The van der Waals surface area contributed by atoms with Crippen LogP contribution >= 0.6 is 15.9 Å². The molecule has 0 fully saturated rings.